The lowest BCUT2D eigenvalue weighted by molar-refractivity contribution is 0.607. The number of aryl methyl sites for hydroxylation is 1. The average Bonchev–Trinajstić information content (AvgIpc) is 2.47. The summed E-state index contributed by atoms with van der Waals surface area (Å²) in [5, 5.41) is 4.16. The third-order valence-corrected chi connectivity index (χ3v) is 4.04. The second-order valence-corrected chi connectivity index (χ2v) is 5.93. The first kappa shape index (κ1) is 14.5. The Bertz CT molecular complexity index is 640. The molecule has 0 atom stereocenters. The molecule has 1 aliphatic rings. The number of hydrogen-bond acceptors (Lipinski definition) is 3. The predicted molar refractivity (Wildman–Crippen MR) is 85.7 cm³/mol. The van der Waals surface area contributed by atoms with Gasteiger partial charge in [-0.15, -0.1) is 0 Å². The normalized spacial score (nSPS) is 14.0. The first-order valence-corrected chi connectivity index (χ1v) is 7.96. The maximum Gasteiger partial charge on any atom is 0.133 e. The summed E-state index contributed by atoms with van der Waals surface area (Å²) in [6, 6.07) is 7.93. The van der Waals surface area contributed by atoms with Gasteiger partial charge in [0.2, 0.25) is 0 Å². The molecule has 0 unspecified atom stereocenters. The van der Waals surface area contributed by atoms with Crippen LogP contribution in [0, 0.1) is 0 Å². The van der Waals surface area contributed by atoms with Gasteiger partial charge in [0.15, 0.2) is 0 Å². The van der Waals surface area contributed by atoms with Crippen LogP contribution in [0.1, 0.15) is 41.7 Å². The predicted octanol–water partition coefficient (Wildman–Crippen LogP) is 3.32. The molecule has 0 saturated heterocycles. The molecule has 1 aromatic heterocycles. The van der Waals surface area contributed by atoms with Crippen LogP contribution in [0.5, 0.6) is 0 Å². The Balaban J connectivity index is 1.93. The smallest absolute Gasteiger partial charge is 0.133 e. The van der Waals surface area contributed by atoms with Gasteiger partial charge in [0.25, 0.3) is 0 Å². The van der Waals surface area contributed by atoms with Crippen LogP contribution >= 0.6 is 11.6 Å². The molecule has 1 N–H and O–H groups in total. The Kier molecular flexibility index (Phi) is 4.51. The van der Waals surface area contributed by atoms with E-state index in [2.05, 4.69) is 18.3 Å². The van der Waals surface area contributed by atoms with E-state index in [-0.39, 0.29) is 0 Å². The maximum absolute atomic E-state index is 6.06. The van der Waals surface area contributed by atoms with Crippen LogP contribution in [0.3, 0.4) is 0 Å². The van der Waals surface area contributed by atoms with Crippen LogP contribution < -0.4 is 5.32 Å². The fourth-order valence-corrected chi connectivity index (χ4v) is 3.06. The minimum atomic E-state index is 0.741. The van der Waals surface area contributed by atoms with E-state index in [0.717, 1.165) is 55.2 Å². The maximum atomic E-state index is 6.06. The molecule has 2 aromatic rings. The minimum Gasteiger partial charge on any atom is -0.311 e. The van der Waals surface area contributed by atoms with Crippen molar-refractivity contribution in [1.82, 2.24) is 15.3 Å². The zero-order valence-electron chi connectivity index (χ0n) is 12.3. The third kappa shape index (κ3) is 3.42. The van der Waals surface area contributed by atoms with Gasteiger partial charge < -0.3 is 5.32 Å². The van der Waals surface area contributed by atoms with E-state index in [1.807, 2.05) is 18.2 Å². The van der Waals surface area contributed by atoms with Crippen LogP contribution in [0.4, 0.5) is 0 Å². The van der Waals surface area contributed by atoms with Crippen molar-refractivity contribution in [2.24, 2.45) is 0 Å². The molecule has 0 aliphatic carbocycles. The van der Waals surface area contributed by atoms with Gasteiger partial charge in [-0.2, -0.15) is 0 Å². The van der Waals surface area contributed by atoms with Gasteiger partial charge >= 0.3 is 0 Å². The van der Waals surface area contributed by atoms with E-state index in [9.17, 15) is 0 Å². The van der Waals surface area contributed by atoms with E-state index in [4.69, 9.17) is 21.6 Å². The lowest BCUT2D eigenvalue weighted by atomic mass is 10.0. The van der Waals surface area contributed by atoms with Crippen molar-refractivity contribution in [3.05, 3.63) is 57.6 Å². The standard InChI is InChI=1S/C17H20ClN3/c1-2-4-15-14-7-8-19-11-16(14)21-17(20-15)10-12-5-3-6-13(18)9-12/h3,5-6,9,19H,2,4,7-8,10-11H2,1H3. The Hall–Kier alpha value is -1.45. The summed E-state index contributed by atoms with van der Waals surface area (Å²) in [6.45, 7) is 4.09. The highest BCUT2D eigenvalue weighted by atomic mass is 35.5. The number of aromatic nitrogens is 2. The molecule has 1 aromatic carbocycles. The van der Waals surface area contributed by atoms with Crippen molar-refractivity contribution < 1.29 is 0 Å². The van der Waals surface area contributed by atoms with Gasteiger partial charge in [-0.25, -0.2) is 9.97 Å². The molecule has 3 rings (SSSR count). The SMILES string of the molecule is CCCc1nc(Cc2cccc(Cl)c2)nc2c1CCNC2. The first-order chi connectivity index (χ1) is 10.3. The highest BCUT2D eigenvalue weighted by Crippen LogP contribution is 2.19. The Morgan fingerprint density at radius 2 is 2.19 bits per heavy atom. The Morgan fingerprint density at radius 1 is 1.29 bits per heavy atom. The minimum absolute atomic E-state index is 0.741. The number of benzene rings is 1. The summed E-state index contributed by atoms with van der Waals surface area (Å²) in [6.07, 6.45) is 3.94. The van der Waals surface area contributed by atoms with Crippen molar-refractivity contribution in [3.63, 3.8) is 0 Å². The Morgan fingerprint density at radius 3 is 3.00 bits per heavy atom. The molecule has 4 heteroatoms. The zero-order chi connectivity index (χ0) is 14.7. The molecule has 0 saturated carbocycles. The highest BCUT2D eigenvalue weighted by molar-refractivity contribution is 6.30. The summed E-state index contributed by atoms with van der Waals surface area (Å²) < 4.78 is 0. The van der Waals surface area contributed by atoms with Gasteiger partial charge in [0, 0.05) is 23.7 Å². The molecule has 3 nitrogen and oxygen atoms in total. The topological polar surface area (TPSA) is 37.8 Å². The van der Waals surface area contributed by atoms with E-state index in [0.29, 0.717) is 0 Å². The molecular weight excluding hydrogens is 282 g/mol. The number of halogens is 1. The summed E-state index contributed by atoms with van der Waals surface area (Å²) in [7, 11) is 0. The fraction of sp³-hybridized carbons (Fsp3) is 0.412. The number of nitrogens with one attached hydrogen (secondary N) is 1. The first-order valence-electron chi connectivity index (χ1n) is 7.59. The molecule has 110 valence electrons. The van der Waals surface area contributed by atoms with Crippen molar-refractivity contribution in [2.45, 2.75) is 39.2 Å². The van der Waals surface area contributed by atoms with Crippen molar-refractivity contribution in [1.29, 1.82) is 0 Å². The number of hydrogen-bond donors (Lipinski definition) is 1. The lowest BCUT2D eigenvalue weighted by Crippen LogP contribution is -2.27. The van der Waals surface area contributed by atoms with Gasteiger partial charge in [-0.1, -0.05) is 37.1 Å². The zero-order valence-corrected chi connectivity index (χ0v) is 13.1. The monoisotopic (exact) mass is 301 g/mol. The molecule has 0 spiro atoms. The van der Waals surface area contributed by atoms with Crippen LogP contribution in [-0.4, -0.2) is 16.5 Å². The largest absolute Gasteiger partial charge is 0.311 e. The summed E-state index contributed by atoms with van der Waals surface area (Å²) in [5.41, 5.74) is 4.94. The molecule has 0 bridgehead atoms. The summed E-state index contributed by atoms with van der Waals surface area (Å²) >= 11 is 6.06. The summed E-state index contributed by atoms with van der Waals surface area (Å²) in [4.78, 5) is 9.58. The van der Waals surface area contributed by atoms with Gasteiger partial charge in [0.1, 0.15) is 5.82 Å². The lowest BCUT2D eigenvalue weighted by Gasteiger charge is -2.20. The van der Waals surface area contributed by atoms with Crippen LogP contribution in [0.25, 0.3) is 0 Å². The second-order valence-electron chi connectivity index (χ2n) is 5.50. The average molecular weight is 302 g/mol. The summed E-state index contributed by atoms with van der Waals surface area (Å²) in [5.74, 6) is 0.906. The molecule has 1 aliphatic heterocycles. The Labute approximate surface area is 130 Å². The molecule has 21 heavy (non-hydrogen) atoms. The molecule has 0 amide bonds. The van der Waals surface area contributed by atoms with Crippen molar-refractivity contribution in [3.8, 4) is 0 Å². The van der Waals surface area contributed by atoms with Crippen LogP contribution in [0.2, 0.25) is 5.02 Å². The molecule has 0 radical (unpaired) electrons. The quantitative estimate of drug-likeness (QED) is 0.941. The molecule has 2 heterocycles. The highest BCUT2D eigenvalue weighted by Gasteiger charge is 2.17. The van der Waals surface area contributed by atoms with E-state index >= 15 is 0 Å². The molecule has 0 fully saturated rings. The van der Waals surface area contributed by atoms with Gasteiger partial charge in [-0.3, -0.25) is 0 Å². The van der Waals surface area contributed by atoms with Gasteiger partial charge in [0.05, 0.1) is 5.69 Å². The van der Waals surface area contributed by atoms with E-state index in [1.54, 1.807) is 0 Å². The van der Waals surface area contributed by atoms with E-state index in [1.165, 1.54) is 17.0 Å². The van der Waals surface area contributed by atoms with E-state index < -0.39 is 0 Å². The van der Waals surface area contributed by atoms with Crippen molar-refractivity contribution in [2.75, 3.05) is 6.54 Å². The third-order valence-electron chi connectivity index (χ3n) is 3.81. The van der Waals surface area contributed by atoms with Crippen LogP contribution in [-0.2, 0) is 25.8 Å². The second kappa shape index (κ2) is 6.54. The fourth-order valence-electron chi connectivity index (χ4n) is 2.85. The number of nitrogens with zero attached hydrogens (tertiary/aromatic N) is 2. The van der Waals surface area contributed by atoms with Crippen molar-refractivity contribution >= 4 is 11.6 Å². The number of fused-ring (bicyclic) bond motifs is 1. The molecular formula is C17H20ClN3. The van der Waals surface area contributed by atoms with Gasteiger partial charge in [-0.05, 0) is 42.6 Å². The number of rotatable bonds is 4. The van der Waals surface area contributed by atoms with Crippen LogP contribution in [0.15, 0.2) is 24.3 Å².